The van der Waals surface area contributed by atoms with Crippen LogP contribution in [-0.4, -0.2) is 52.5 Å². The van der Waals surface area contributed by atoms with E-state index in [0.29, 0.717) is 54.4 Å². The lowest BCUT2D eigenvalue weighted by Gasteiger charge is -2.36. The van der Waals surface area contributed by atoms with Crippen LogP contribution in [0.4, 0.5) is 15.8 Å². The predicted octanol–water partition coefficient (Wildman–Crippen LogP) is 3.91. The van der Waals surface area contributed by atoms with E-state index in [9.17, 15) is 17.6 Å². The number of hydrogen-bond acceptors (Lipinski definition) is 5. The first-order chi connectivity index (χ1) is 16.3. The van der Waals surface area contributed by atoms with Crippen molar-refractivity contribution in [3.63, 3.8) is 0 Å². The normalized spacial score (nSPS) is 14.1. The fraction of sp³-hybridized carbons (Fsp3) is 0.240. The number of para-hydroxylation sites is 3. The van der Waals surface area contributed by atoms with Crippen LogP contribution >= 0.6 is 0 Å². The van der Waals surface area contributed by atoms with Crippen molar-refractivity contribution in [2.45, 2.75) is 11.8 Å². The summed E-state index contributed by atoms with van der Waals surface area (Å²) in [5.74, 6) is -0.152. The summed E-state index contributed by atoms with van der Waals surface area (Å²) in [6, 6.07) is 17.8. The van der Waals surface area contributed by atoms with Crippen LogP contribution in [0.2, 0.25) is 0 Å². The maximum Gasteiger partial charge on any atom is 0.262 e. The zero-order chi connectivity index (χ0) is 24.3. The summed E-state index contributed by atoms with van der Waals surface area (Å²) in [5.41, 5.74) is 1.82. The molecule has 1 heterocycles. The third-order valence-corrected chi connectivity index (χ3v) is 7.22. The number of aryl methyl sites for hydroxylation is 1. The van der Waals surface area contributed by atoms with Crippen molar-refractivity contribution in [3.8, 4) is 5.75 Å². The number of carbonyl (C=O) groups excluding carboxylic acids is 1. The van der Waals surface area contributed by atoms with Crippen molar-refractivity contribution in [3.05, 3.63) is 83.7 Å². The number of nitrogens with one attached hydrogen (secondary N) is 1. The van der Waals surface area contributed by atoms with E-state index in [2.05, 4.69) is 4.72 Å². The second kappa shape index (κ2) is 9.72. The molecule has 0 bridgehead atoms. The van der Waals surface area contributed by atoms with Crippen LogP contribution in [-0.2, 0) is 10.0 Å². The topological polar surface area (TPSA) is 78.9 Å². The molecule has 9 heteroatoms. The number of methoxy groups -OCH3 is 1. The molecule has 0 aromatic heterocycles. The van der Waals surface area contributed by atoms with E-state index in [0.717, 1.165) is 0 Å². The molecule has 1 N–H and O–H groups in total. The third-order valence-electron chi connectivity index (χ3n) is 5.86. The molecule has 0 radical (unpaired) electrons. The van der Waals surface area contributed by atoms with Crippen LogP contribution in [0, 0.1) is 12.7 Å². The highest BCUT2D eigenvalue weighted by atomic mass is 32.2. The molecule has 0 aliphatic carbocycles. The van der Waals surface area contributed by atoms with Gasteiger partial charge in [0.2, 0.25) is 0 Å². The Hall–Kier alpha value is -3.59. The zero-order valence-corrected chi connectivity index (χ0v) is 19.8. The van der Waals surface area contributed by atoms with Gasteiger partial charge < -0.3 is 14.5 Å². The number of sulfonamides is 1. The Bertz CT molecular complexity index is 1310. The quantitative estimate of drug-likeness (QED) is 0.575. The lowest BCUT2D eigenvalue weighted by molar-refractivity contribution is 0.0745. The predicted molar refractivity (Wildman–Crippen MR) is 129 cm³/mol. The summed E-state index contributed by atoms with van der Waals surface area (Å²) >= 11 is 0. The number of benzene rings is 3. The lowest BCUT2D eigenvalue weighted by Crippen LogP contribution is -2.49. The molecule has 0 spiro atoms. The van der Waals surface area contributed by atoms with Gasteiger partial charge in [-0.15, -0.1) is 0 Å². The third kappa shape index (κ3) is 4.84. The summed E-state index contributed by atoms with van der Waals surface area (Å²) in [5, 5.41) is 0. The minimum Gasteiger partial charge on any atom is -0.495 e. The van der Waals surface area contributed by atoms with E-state index in [-0.39, 0.29) is 16.6 Å². The van der Waals surface area contributed by atoms with Crippen molar-refractivity contribution in [1.82, 2.24) is 4.90 Å². The first kappa shape index (κ1) is 23.6. The summed E-state index contributed by atoms with van der Waals surface area (Å²) in [6.45, 7) is 3.55. The maximum atomic E-state index is 14.1. The SMILES string of the molecule is COc1ccccc1NS(=O)(=O)c1ccc(C)c(C(=O)N2CCN(c3ccccc3F)CC2)c1. The van der Waals surface area contributed by atoms with Gasteiger partial charge in [-0.1, -0.05) is 30.3 Å². The minimum absolute atomic E-state index is 0.0163. The van der Waals surface area contributed by atoms with E-state index in [1.165, 1.54) is 25.3 Å². The Kier molecular flexibility index (Phi) is 6.74. The molecule has 0 atom stereocenters. The average Bonchev–Trinajstić information content (AvgIpc) is 2.84. The molecule has 1 fully saturated rings. The molecule has 4 rings (SSSR count). The summed E-state index contributed by atoms with van der Waals surface area (Å²) < 4.78 is 47.9. The molecule has 1 saturated heterocycles. The molecule has 0 saturated carbocycles. The molecule has 178 valence electrons. The van der Waals surface area contributed by atoms with Gasteiger partial charge in [0.05, 0.1) is 23.4 Å². The van der Waals surface area contributed by atoms with E-state index < -0.39 is 10.0 Å². The molecule has 1 aliphatic heterocycles. The van der Waals surface area contributed by atoms with Crippen LogP contribution in [0.15, 0.2) is 71.6 Å². The summed E-state index contributed by atoms with van der Waals surface area (Å²) in [7, 11) is -2.49. The van der Waals surface area contributed by atoms with E-state index in [4.69, 9.17) is 4.74 Å². The number of piperazine rings is 1. The molecule has 3 aromatic rings. The van der Waals surface area contributed by atoms with Gasteiger partial charge >= 0.3 is 0 Å². The average molecular weight is 484 g/mol. The molecular weight excluding hydrogens is 457 g/mol. The number of nitrogens with zero attached hydrogens (tertiary/aromatic N) is 2. The van der Waals surface area contributed by atoms with E-state index in [1.807, 2.05) is 4.90 Å². The van der Waals surface area contributed by atoms with Crippen molar-refractivity contribution < 1.29 is 22.3 Å². The van der Waals surface area contributed by atoms with Gasteiger partial charge in [0, 0.05) is 31.7 Å². The van der Waals surface area contributed by atoms with Crippen LogP contribution < -0.4 is 14.4 Å². The van der Waals surface area contributed by atoms with Gasteiger partial charge in [0.15, 0.2) is 0 Å². The highest BCUT2D eigenvalue weighted by Crippen LogP contribution is 2.27. The van der Waals surface area contributed by atoms with Gasteiger partial charge in [-0.3, -0.25) is 9.52 Å². The second-order valence-corrected chi connectivity index (χ2v) is 9.70. The Balaban J connectivity index is 1.52. The van der Waals surface area contributed by atoms with Crippen molar-refractivity contribution >= 4 is 27.3 Å². The van der Waals surface area contributed by atoms with Crippen LogP contribution in [0.25, 0.3) is 0 Å². The van der Waals surface area contributed by atoms with E-state index in [1.54, 1.807) is 60.4 Å². The Morgan fingerprint density at radius 3 is 2.35 bits per heavy atom. The smallest absolute Gasteiger partial charge is 0.262 e. The van der Waals surface area contributed by atoms with Gasteiger partial charge in [0.1, 0.15) is 11.6 Å². The van der Waals surface area contributed by atoms with Gasteiger partial charge in [-0.25, -0.2) is 12.8 Å². The highest BCUT2D eigenvalue weighted by molar-refractivity contribution is 7.92. The van der Waals surface area contributed by atoms with Crippen molar-refractivity contribution in [1.29, 1.82) is 0 Å². The molecule has 3 aromatic carbocycles. The number of anilines is 2. The summed E-state index contributed by atoms with van der Waals surface area (Å²) in [6.07, 6.45) is 0. The first-order valence-corrected chi connectivity index (χ1v) is 12.3. The molecule has 34 heavy (non-hydrogen) atoms. The Labute approximate surface area is 198 Å². The standard InChI is InChI=1S/C25H26FN3O4S/c1-18-11-12-19(34(31,32)27-22-8-4-6-10-24(22)33-2)17-20(18)25(30)29-15-13-28(14-16-29)23-9-5-3-7-21(23)26/h3-12,17,27H,13-16H2,1-2H3. The molecule has 1 aliphatic rings. The van der Waals surface area contributed by atoms with Gasteiger partial charge in [-0.2, -0.15) is 0 Å². The van der Waals surface area contributed by atoms with E-state index >= 15 is 0 Å². The molecular formula is C25H26FN3O4S. The number of rotatable bonds is 6. The van der Waals surface area contributed by atoms with Crippen molar-refractivity contribution in [2.75, 3.05) is 42.9 Å². The first-order valence-electron chi connectivity index (χ1n) is 10.9. The number of hydrogen-bond donors (Lipinski definition) is 1. The second-order valence-electron chi connectivity index (χ2n) is 8.01. The highest BCUT2D eigenvalue weighted by Gasteiger charge is 2.26. The zero-order valence-electron chi connectivity index (χ0n) is 19.0. The minimum atomic E-state index is -3.95. The number of amides is 1. The molecule has 1 amide bonds. The summed E-state index contributed by atoms with van der Waals surface area (Å²) in [4.78, 5) is 16.8. The maximum absolute atomic E-state index is 14.1. The number of carbonyl (C=O) groups is 1. The van der Waals surface area contributed by atoms with Crippen molar-refractivity contribution in [2.24, 2.45) is 0 Å². The van der Waals surface area contributed by atoms with Gasteiger partial charge in [0.25, 0.3) is 15.9 Å². The molecule has 7 nitrogen and oxygen atoms in total. The molecule has 0 unspecified atom stereocenters. The van der Waals surface area contributed by atoms with Crippen LogP contribution in [0.1, 0.15) is 15.9 Å². The lowest BCUT2D eigenvalue weighted by atomic mass is 10.1. The number of ether oxygens (including phenoxy) is 1. The largest absolute Gasteiger partial charge is 0.495 e. The number of halogens is 1. The fourth-order valence-corrected chi connectivity index (χ4v) is 5.06. The fourth-order valence-electron chi connectivity index (χ4n) is 3.96. The monoisotopic (exact) mass is 483 g/mol. The Morgan fingerprint density at radius 1 is 0.971 bits per heavy atom. The van der Waals surface area contributed by atoms with Crippen LogP contribution in [0.3, 0.4) is 0 Å². The Morgan fingerprint density at radius 2 is 1.65 bits per heavy atom. The van der Waals surface area contributed by atoms with Crippen LogP contribution in [0.5, 0.6) is 5.75 Å². The van der Waals surface area contributed by atoms with Gasteiger partial charge in [-0.05, 0) is 48.9 Å².